The molecule has 3 nitrogen and oxygen atoms in total. The molecule has 0 aliphatic carbocycles. The molecule has 0 saturated carbocycles. The summed E-state index contributed by atoms with van der Waals surface area (Å²) < 4.78 is 40.8. The van der Waals surface area contributed by atoms with Gasteiger partial charge in [0.1, 0.15) is 0 Å². The molecule has 0 spiro atoms. The van der Waals surface area contributed by atoms with Crippen LogP contribution in [0.5, 0.6) is 0 Å². The number of hydrogen-bond acceptors (Lipinski definition) is 2. The number of piperazine rings is 1. The molecule has 1 aliphatic heterocycles. The van der Waals surface area contributed by atoms with Gasteiger partial charge in [0.05, 0.1) is 11.7 Å². The Morgan fingerprint density at radius 1 is 0.897 bits per heavy atom. The lowest BCUT2D eigenvalue weighted by atomic mass is 10.1. The maximum Gasteiger partial charge on any atom is 0.416 e. The summed E-state index contributed by atoms with van der Waals surface area (Å²) in [5, 5.41) is 1.25. The lowest BCUT2D eigenvalue weighted by Crippen LogP contribution is -2.48. The zero-order chi connectivity index (χ0) is 20.4. The smallest absolute Gasteiger partial charge is 0.369 e. The highest BCUT2D eigenvalue weighted by Gasteiger charge is 2.30. The van der Waals surface area contributed by atoms with Crippen LogP contribution < -0.4 is 4.90 Å². The van der Waals surface area contributed by atoms with Crippen LogP contribution in [-0.2, 0) is 6.18 Å². The summed E-state index contributed by atoms with van der Waals surface area (Å²) in [5.74, 6) is 0. The second kappa shape index (κ2) is 8.11. The van der Waals surface area contributed by atoms with Gasteiger partial charge in [-0.3, -0.25) is 4.90 Å². The fourth-order valence-corrected chi connectivity index (χ4v) is 4.26. The van der Waals surface area contributed by atoms with Gasteiger partial charge < -0.3 is 9.47 Å². The molecule has 1 saturated heterocycles. The van der Waals surface area contributed by atoms with E-state index in [1.54, 1.807) is 12.1 Å². The van der Waals surface area contributed by atoms with Gasteiger partial charge in [-0.25, -0.2) is 0 Å². The first-order valence-corrected chi connectivity index (χ1v) is 10.2. The Kier molecular flexibility index (Phi) is 5.54. The van der Waals surface area contributed by atoms with Crippen LogP contribution >= 0.6 is 0 Å². The molecule has 0 radical (unpaired) electrons. The number of rotatable bonds is 5. The van der Waals surface area contributed by atoms with E-state index in [9.17, 15) is 13.2 Å². The summed E-state index contributed by atoms with van der Waals surface area (Å²) in [4.78, 5) is 4.67. The summed E-state index contributed by atoms with van der Waals surface area (Å²) in [5.41, 5.74) is 1.51. The van der Waals surface area contributed by atoms with Gasteiger partial charge in [0.15, 0.2) is 0 Å². The third-order valence-electron chi connectivity index (χ3n) is 5.79. The summed E-state index contributed by atoms with van der Waals surface area (Å²) in [7, 11) is 0. The molecule has 1 aliphatic rings. The third kappa shape index (κ3) is 4.13. The molecule has 6 heteroatoms. The molecular formula is C23H26F3N3. The monoisotopic (exact) mass is 401 g/mol. The molecule has 4 rings (SSSR count). The highest BCUT2D eigenvalue weighted by Crippen LogP contribution is 2.31. The summed E-state index contributed by atoms with van der Waals surface area (Å²) >= 11 is 0. The molecular weight excluding hydrogens is 375 g/mol. The van der Waals surface area contributed by atoms with E-state index >= 15 is 0 Å². The van der Waals surface area contributed by atoms with Crippen molar-refractivity contribution in [1.82, 2.24) is 9.47 Å². The fraction of sp³-hybridized carbons (Fsp3) is 0.391. The number of hydrogen-bond donors (Lipinski definition) is 0. The zero-order valence-corrected chi connectivity index (χ0v) is 16.6. The Bertz CT molecular complexity index is 938. The van der Waals surface area contributed by atoms with E-state index in [4.69, 9.17) is 0 Å². The van der Waals surface area contributed by atoms with Gasteiger partial charge in [-0.1, -0.05) is 31.5 Å². The van der Waals surface area contributed by atoms with E-state index in [0.717, 1.165) is 44.7 Å². The van der Waals surface area contributed by atoms with Crippen LogP contribution in [0.2, 0.25) is 0 Å². The minimum Gasteiger partial charge on any atom is -0.369 e. The van der Waals surface area contributed by atoms with Gasteiger partial charge in [-0.15, -0.1) is 0 Å². The number of nitrogens with zero attached hydrogens (tertiary/aromatic N) is 3. The van der Waals surface area contributed by atoms with E-state index in [-0.39, 0.29) is 0 Å². The van der Waals surface area contributed by atoms with Crippen LogP contribution in [0, 0.1) is 0 Å². The minimum atomic E-state index is -4.29. The topological polar surface area (TPSA) is 11.4 Å². The van der Waals surface area contributed by atoms with Crippen LogP contribution in [0.15, 0.2) is 60.8 Å². The van der Waals surface area contributed by atoms with Gasteiger partial charge in [-0.05, 0) is 48.2 Å². The van der Waals surface area contributed by atoms with Crippen molar-refractivity contribution in [3.8, 4) is 0 Å². The van der Waals surface area contributed by atoms with Gasteiger partial charge in [-0.2, -0.15) is 13.2 Å². The Hall–Kier alpha value is -2.47. The molecule has 1 unspecified atom stereocenters. The van der Waals surface area contributed by atoms with Gasteiger partial charge in [0.2, 0.25) is 0 Å². The maximum atomic E-state index is 12.8. The first-order chi connectivity index (χ1) is 14.0. The van der Waals surface area contributed by atoms with E-state index in [1.807, 2.05) is 0 Å². The average molecular weight is 401 g/mol. The number of benzene rings is 2. The van der Waals surface area contributed by atoms with Crippen molar-refractivity contribution in [2.24, 2.45) is 0 Å². The summed E-state index contributed by atoms with van der Waals surface area (Å²) in [6.07, 6.45) is 0.349. The van der Waals surface area contributed by atoms with Crippen molar-refractivity contribution in [2.75, 3.05) is 31.1 Å². The van der Waals surface area contributed by atoms with Crippen molar-refractivity contribution in [1.29, 1.82) is 0 Å². The van der Waals surface area contributed by atoms with Gasteiger partial charge in [0, 0.05) is 43.6 Å². The molecule has 0 amide bonds. The molecule has 0 N–H and O–H groups in total. The van der Waals surface area contributed by atoms with Crippen LogP contribution in [-0.4, -0.2) is 35.6 Å². The number of para-hydroxylation sites is 1. The Morgan fingerprint density at radius 3 is 2.24 bits per heavy atom. The molecule has 3 aromatic rings. The Morgan fingerprint density at radius 2 is 1.59 bits per heavy atom. The zero-order valence-electron chi connectivity index (χ0n) is 16.6. The SMILES string of the molecule is CCCC(N1CCN(c2ccc(C(F)(F)F)cc2)CC1)n1ccc2ccccc21. The molecule has 1 aromatic heterocycles. The standard InChI is InChI=1S/C23H26F3N3/c1-2-5-22(29-13-12-18-6-3-4-7-21(18)29)28-16-14-27(15-17-28)20-10-8-19(9-11-20)23(24,25)26/h3-4,6-13,22H,2,5,14-17H2,1H3. The Labute approximate surface area is 169 Å². The van der Waals surface area contributed by atoms with Crippen molar-refractivity contribution < 1.29 is 13.2 Å². The fourth-order valence-electron chi connectivity index (χ4n) is 4.26. The number of alkyl halides is 3. The highest BCUT2D eigenvalue weighted by molar-refractivity contribution is 5.80. The lowest BCUT2D eigenvalue weighted by Gasteiger charge is -2.41. The molecule has 2 heterocycles. The van der Waals surface area contributed by atoms with Crippen molar-refractivity contribution in [3.05, 3.63) is 66.4 Å². The van der Waals surface area contributed by atoms with E-state index in [0.29, 0.717) is 6.17 Å². The molecule has 29 heavy (non-hydrogen) atoms. The quantitative estimate of drug-likeness (QED) is 0.537. The van der Waals surface area contributed by atoms with Gasteiger partial charge >= 0.3 is 6.18 Å². The average Bonchev–Trinajstić information content (AvgIpc) is 3.16. The van der Waals surface area contributed by atoms with E-state index in [1.165, 1.54) is 23.0 Å². The lowest BCUT2D eigenvalue weighted by molar-refractivity contribution is -0.137. The molecule has 1 atom stereocenters. The number of aromatic nitrogens is 1. The molecule has 1 fully saturated rings. The minimum absolute atomic E-state index is 0.301. The largest absolute Gasteiger partial charge is 0.416 e. The first-order valence-electron chi connectivity index (χ1n) is 10.2. The second-order valence-electron chi connectivity index (χ2n) is 7.62. The Balaban J connectivity index is 1.47. The van der Waals surface area contributed by atoms with Crippen LogP contribution in [0.3, 0.4) is 0 Å². The van der Waals surface area contributed by atoms with E-state index < -0.39 is 11.7 Å². The highest BCUT2D eigenvalue weighted by atomic mass is 19.4. The second-order valence-corrected chi connectivity index (χ2v) is 7.62. The molecule has 154 valence electrons. The summed E-state index contributed by atoms with van der Waals surface area (Å²) in [6.45, 7) is 5.60. The normalized spacial score (nSPS) is 17.0. The van der Waals surface area contributed by atoms with E-state index in [2.05, 4.69) is 57.8 Å². The van der Waals surface area contributed by atoms with Crippen LogP contribution in [0.1, 0.15) is 31.5 Å². The van der Waals surface area contributed by atoms with Crippen LogP contribution in [0.4, 0.5) is 18.9 Å². The molecule has 0 bridgehead atoms. The van der Waals surface area contributed by atoms with Crippen LogP contribution in [0.25, 0.3) is 10.9 Å². The number of anilines is 1. The number of fused-ring (bicyclic) bond motifs is 1. The predicted molar refractivity (Wildman–Crippen MR) is 111 cm³/mol. The van der Waals surface area contributed by atoms with Crippen molar-refractivity contribution in [2.45, 2.75) is 32.1 Å². The maximum absolute atomic E-state index is 12.8. The third-order valence-corrected chi connectivity index (χ3v) is 5.79. The number of halogens is 3. The summed E-state index contributed by atoms with van der Waals surface area (Å²) in [6, 6.07) is 16.1. The predicted octanol–water partition coefficient (Wildman–Crippen LogP) is 5.78. The first kappa shape index (κ1) is 19.8. The molecule has 2 aromatic carbocycles. The van der Waals surface area contributed by atoms with Crippen molar-refractivity contribution >= 4 is 16.6 Å². The van der Waals surface area contributed by atoms with Crippen molar-refractivity contribution in [3.63, 3.8) is 0 Å². The van der Waals surface area contributed by atoms with Gasteiger partial charge in [0.25, 0.3) is 0 Å².